The number of aromatic nitrogens is 1. The lowest BCUT2D eigenvalue weighted by atomic mass is 10.1. The molecule has 2 atom stereocenters. The van der Waals surface area contributed by atoms with Crippen molar-refractivity contribution in [2.75, 3.05) is 13.1 Å². The van der Waals surface area contributed by atoms with Crippen LogP contribution in [0.5, 0.6) is 0 Å². The van der Waals surface area contributed by atoms with E-state index < -0.39 is 34.4 Å². The number of nitrogens with two attached hydrogens (primary N) is 1. The van der Waals surface area contributed by atoms with E-state index in [0.29, 0.717) is 6.42 Å². The molecule has 0 saturated carbocycles. The van der Waals surface area contributed by atoms with Crippen LogP contribution in [0.3, 0.4) is 0 Å². The van der Waals surface area contributed by atoms with Crippen molar-refractivity contribution < 1.29 is 35.9 Å². The number of carboxylic acids is 1. The highest BCUT2D eigenvalue weighted by atomic mass is 32.2. The van der Waals surface area contributed by atoms with Crippen molar-refractivity contribution in [3.8, 4) is 0 Å². The molecule has 0 bridgehead atoms. The normalized spacial score (nSPS) is 22.4. The Morgan fingerprint density at radius 1 is 1.38 bits per heavy atom. The van der Waals surface area contributed by atoms with Gasteiger partial charge < -0.3 is 10.8 Å². The van der Waals surface area contributed by atoms with Gasteiger partial charge in [0.25, 0.3) is 10.0 Å². The zero-order valence-corrected chi connectivity index (χ0v) is 13.0. The molecule has 0 radical (unpaired) electrons. The molecule has 2 rings (SSSR count). The van der Waals surface area contributed by atoms with Crippen LogP contribution in [0.4, 0.5) is 17.6 Å². The summed E-state index contributed by atoms with van der Waals surface area (Å²) in [6.07, 6.45) is -4.68. The molecular formula is C12H15F4N3O4S. The van der Waals surface area contributed by atoms with Gasteiger partial charge in [-0.15, -0.1) is 0 Å². The van der Waals surface area contributed by atoms with Crippen LogP contribution in [-0.4, -0.2) is 60.3 Å². The highest BCUT2D eigenvalue weighted by Crippen LogP contribution is 2.20. The number of sulfonamides is 1. The maximum Gasteiger partial charge on any atom is 0.490 e. The van der Waals surface area contributed by atoms with Crippen molar-refractivity contribution in [1.29, 1.82) is 0 Å². The first-order chi connectivity index (χ1) is 11.0. The number of hydrogen-bond acceptors (Lipinski definition) is 5. The maximum atomic E-state index is 13.4. The van der Waals surface area contributed by atoms with Crippen LogP contribution in [-0.2, 0) is 14.8 Å². The third-order valence-corrected chi connectivity index (χ3v) is 4.82. The van der Waals surface area contributed by atoms with Crippen molar-refractivity contribution in [3.63, 3.8) is 0 Å². The average molecular weight is 373 g/mol. The molecule has 1 aromatic heterocycles. The van der Waals surface area contributed by atoms with E-state index in [1.165, 1.54) is 12.3 Å². The van der Waals surface area contributed by atoms with Crippen molar-refractivity contribution >= 4 is 16.0 Å². The molecule has 0 aromatic carbocycles. The molecule has 1 aliphatic rings. The number of carbonyl (C=O) groups is 1. The number of pyridine rings is 1. The summed E-state index contributed by atoms with van der Waals surface area (Å²) in [5.41, 5.74) is 5.51. The topological polar surface area (TPSA) is 114 Å². The van der Waals surface area contributed by atoms with E-state index in [2.05, 4.69) is 4.98 Å². The first-order valence-electron chi connectivity index (χ1n) is 6.57. The van der Waals surface area contributed by atoms with Gasteiger partial charge in [-0.05, 0) is 18.6 Å². The van der Waals surface area contributed by atoms with Gasteiger partial charge in [-0.25, -0.2) is 22.6 Å². The molecule has 0 unspecified atom stereocenters. The molecule has 7 nitrogen and oxygen atoms in total. The molecule has 0 aliphatic carbocycles. The lowest BCUT2D eigenvalue weighted by molar-refractivity contribution is -0.192. The van der Waals surface area contributed by atoms with E-state index in [0.717, 1.165) is 4.31 Å². The van der Waals surface area contributed by atoms with Gasteiger partial charge in [0.2, 0.25) is 0 Å². The van der Waals surface area contributed by atoms with E-state index in [1.807, 2.05) is 0 Å². The number of hydrogen-bond donors (Lipinski definition) is 2. The maximum absolute atomic E-state index is 13.4. The molecular weight excluding hydrogens is 358 g/mol. The molecule has 2 heterocycles. The number of rotatable bonds is 2. The van der Waals surface area contributed by atoms with Gasteiger partial charge in [-0.3, -0.25) is 0 Å². The van der Waals surface area contributed by atoms with Gasteiger partial charge in [-0.2, -0.15) is 17.5 Å². The Bertz CT molecular complexity index is 654. The molecule has 1 aromatic rings. The molecule has 0 spiro atoms. The molecule has 3 N–H and O–H groups in total. The smallest absolute Gasteiger partial charge is 0.475 e. The summed E-state index contributed by atoms with van der Waals surface area (Å²) in [5.74, 6) is -2.76. The molecule has 1 saturated heterocycles. The molecule has 0 amide bonds. The molecule has 12 heteroatoms. The standard InChI is InChI=1S/C10H14FN3O2S.C2HF3O2/c11-8-7-14(6-4-9(8)12)17(15,16)10-3-1-2-5-13-10;3-2(4,5)1(6)7/h1-3,5,8-9H,4,6-7,12H2;(H,6,7)/t8-,9-;/m1./s1. The average Bonchev–Trinajstić information content (AvgIpc) is 2.50. The Balaban J connectivity index is 0.000000351. The third kappa shape index (κ3) is 5.39. The zero-order chi connectivity index (χ0) is 18.5. The zero-order valence-electron chi connectivity index (χ0n) is 12.1. The summed E-state index contributed by atoms with van der Waals surface area (Å²) in [6, 6.07) is 4.04. The second-order valence-corrected chi connectivity index (χ2v) is 6.69. The minimum Gasteiger partial charge on any atom is -0.475 e. The Kier molecular flexibility index (Phi) is 6.63. The number of alkyl halides is 4. The molecule has 1 fully saturated rings. The van der Waals surface area contributed by atoms with Crippen LogP contribution in [0.1, 0.15) is 6.42 Å². The summed E-state index contributed by atoms with van der Waals surface area (Å²) in [4.78, 5) is 12.7. The third-order valence-electron chi connectivity index (χ3n) is 3.04. The minimum absolute atomic E-state index is 0.0531. The highest BCUT2D eigenvalue weighted by Gasteiger charge is 2.38. The minimum atomic E-state index is -5.08. The Morgan fingerprint density at radius 3 is 2.38 bits per heavy atom. The van der Waals surface area contributed by atoms with Crippen LogP contribution in [0.15, 0.2) is 29.4 Å². The second-order valence-electron chi connectivity index (χ2n) is 4.80. The number of halogens is 4. The van der Waals surface area contributed by atoms with Crippen molar-refractivity contribution in [2.24, 2.45) is 5.73 Å². The number of aliphatic carboxylic acids is 1. The highest BCUT2D eigenvalue weighted by molar-refractivity contribution is 7.89. The number of piperidine rings is 1. The van der Waals surface area contributed by atoms with Crippen molar-refractivity contribution in [3.05, 3.63) is 24.4 Å². The van der Waals surface area contributed by atoms with E-state index >= 15 is 0 Å². The summed E-state index contributed by atoms with van der Waals surface area (Å²) in [7, 11) is -3.69. The van der Waals surface area contributed by atoms with E-state index in [1.54, 1.807) is 12.1 Å². The first kappa shape index (κ1) is 20.3. The van der Waals surface area contributed by atoms with Crippen molar-refractivity contribution in [2.45, 2.75) is 29.8 Å². The predicted molar refractivity (Wildman–Crippen MR) is 74.2 cm³/mol. The molecule has 136 valence electrons. The Labute approximate surface area is 135 Å². The largest absolute Gasteiger partial charge is 0.490 e. The van der Waals surface area contributed by atoms with Crippen LogP contribution in [0.2, 0.25) is 0 Å². The molecule has 24 heavy (non-hydrogen) atoms. The SMILES string of the molecule is N[C@@H]1CCN(S(=O)(=O)c2ccccn2)C[C@H]1F.O=C(O)C(F)(F)F. The monoisotopic (exact) mass is 373 g/mol. The lowest BCUT2D eigenvalue weighted by Crippen LogP contribution is -2.50. The summed E-state index contributed by atoms with van der Waals surface area (Å²) >= 11 is 0. The van der Waals surface area contributed by atoms with Gasteiger partial charge >= 0.3 is 12.1 Å². The Morgan fingerprint density at radius 2 is 1.96 bits per heavy atom. The molecule has 1 aliphatic heterocycles. The first-order valence-corrected chi connectivity index (χ1v) is 8.01. The number of nitrogens with zero attached hydrogens (tertiary/aromatic N) is 2. The van der Waals surface area contributed by atoms with Gasteiger partial charge in [0.1, 0.15) is 6.17 Å². The van der Waals surface area contributed by atoms with E-state index in [4.69, 9.17) is 15.6 Å². The van der Waals surface area contributed by atoms with Crippen LogP contribution in [0.25, 0.3) is 0 Å². The van der Waals surface area contributed by atoms with E-state index in [9.17, 15) is 26.0 Å². The number of carboxylic acid groups (broad SMARTS) is 1. The van der Waals surface area contributed by atoms with Gasteiger partial charge in [0.15, 0.2) is 5.03 Å². The Hall–Kier alpha value is -1.79. The predicted octanol–water partition coefficient (Wildman–Crippen LogP) is 0.775. The second kappa shape index (κ2) is 7.85. The van der Waals surface area contributed by atoms with Gasteiger partial charge in [0.05, 0.1) is 0 Å². The van der Waals surface area contributed by atoms with Gasteiger partial charge in [0, 0.05) is 25.3 Å². The fourth-order valence-corrected chi connectivity index (χ4v) is 3.14. The van der Waals surface area contributed by atoms with Crippen LogP contribution >= 0.6 is 0 Å². The fraction of sp³-hybridized carbons (Fsp3) is 0.500. The van der Waals surface area contributed by atoms with Crippen LogP contribution < -0.4 is 5.73 Å². The fourth-order valence-electron chi connectivity index (χ4n) is 1.75. The van der Waals surface area contributed by atoms with Gasteiger partial charge in [-0.1, -0.05) is 6.07 Å². The van der Waals surface area contributed by atoms with Crippen LogP contribution in [0, 0.1) is 0 Å². The lowest BCUT2D eigenvalue weighted by Gasteiger charge is -2.31. The summed E-state index contributed by atoms with van der Waals surface area (Å²) in [5, 5.41) is 7.07. The van der Waals surface area contributed by atoms with Crippen molar-refractivity contribution in [1.82, 2.24) is 9.29 Å². The quantitative estimate of drug-likeness (QED) is 0.741. The summed E-state index contributed by atoms with van der Waals surface area (Å²) in [6.45, 7) is 0.0422. The summed E-state index contributed by atoms with van der Waals surface area (Å²) < 4.78 is 70.4. The van der Waals surface area contributed by atoms with E-state index in [-0.39, 0.29) is 18.1 Å².